The van der Waals surface area contributed by atoms with Gasteiger partial charge in [0.15, 0.2) is 0 Å². The van der Waals surface area contributed by atoms with Gasteiger partial charge in [-0.3, -0.25) is 0 Å². The number of fused-ring (bicyclic) bond motifs is 1. The first-order valence-corrected chi connectivity index (χ1v) is 7.69. The monoisotopic (exact) mass is 357 g/mol. The Morgan fingerprint density at radius 3 is 2.45 bits per heavy atom. The molecule has 0 heterocycles. The number of methoxy groups -OCH3 is 1. The molecular weight excluding hydrogens is 341 g/mol. The van der Waals surface area contributed by atoms with E-state index in [0.29, 0.717) is 22.0 Å². The summed E-state index contributed by atoms with van der Waals surface area (Å²) in [5.74, 6) is 1.22. The van der Waals surface area contributed by atoms with Crippen molar-refractivity contribution in [2.24, 2.45) is 0 Å². The van der Waals surface area contributed by atoms with Crippen molar-refractivity contribution in [1.29, 1.82) is 0 Å². The van der Waals surface area contributed by atoms with E-state index in [2.05, 4.69) is 23.5 Å². The second-order valence-corrected chi connectivity index (χ2v) is 6.11. The van der Waals surface area contributed by atoms with Gasteiger partial charge in [-0.05, 0) is 54.4 Å². The normalized spacial score (nSPS) is 19.5. The van der Waals surface area contributed by atoms with Crippen LogP contribution in [-0.4, -0.2) is 14.2 Å². The molecule has 0 saturated heterocycles. The van der Waals surface area contributed by atoms with Crippen molar-refractivity contribution in [3.63, 3.8) is 0 Å². The number of nitrogens with one attached hydrogen (secondary N) is 1. The van der Waals surface area contributed by atoms with Gasteiger partial charge in [-0.1, -0.05) is 35.3 Å². The molecule has 0 unspecified atom stereocenters. The van der Waals surface area contributed by atoms with Crippen molar-refractivity contribution >= 4 is 35.6 Å². The summed E-state index contributed by atoms with van der Waals surface area (Å²) in [6.45, 7) is 0. The third kappa shape index (κ3) is 3.07. The lowest BCUT2D eigenvalue weighted by Crippen LogP contribution is -2.13. The molecule has 0 aromatic heterocycles. The molecular formula is C17H18Cl3NO. The molecule has 2 aromatic carbocycles. The number of ether oxygens (including phenoxy) is 1. The molecule has 22 heavy (non-hydrogen) atoms. The maximum atomic E-state index is 6.17. The third-order valence-electron chi connectivity index (χ3n) is 4.21. The second-order valence-electron chi connectivity index (χ2n) is 5.30. The van der Waals surface area contributed by atoms with Gasteiger partial charge >= 0.3 is 0 Å². The molecule has 5 heteroatoms. The SMILES string of the molecule is CN[C@H]1C[C@H](c2ccc(Cl)c(Cl)c2)c2ccc(OC)cc21.Cl. The van der Waals surface area contributed by atoms with E-state index < -0.39 is 0 Å². The van der Waals surface area contributed by atoms with E-state index in [1.54, 1.807) is 7.11 Å². The van der Waals surface area contributed by atoms with Gasteiger partial charge in [0, 0.05) is 12.0 Å². The van der Waals surface area contributed by atoms with Crippen LogP contribution in [0.1, 0.15) is 35.1 Å². The molecule has 0 amide bonds. The van der Waals surface area contributed by atoms with Crippen molar-refractivity contribution in [2.45, 2.75) is 18.4 Å². The minimum Gasteiger partial charge on any atom is -0.497 e. The molecule has 2 atom stereocenters. The number of benzene rings is 2. The molecule has 1 aliphatic rings. The first-order valence-electron chi connectivity index (χ1n) is 6.94. The Bertz CT molecular complexity index is 675. The zero-order valence-electron chi connectivity index (χ0n) is 12.4. The molecule has 1 aliphatic carbocycles. The number of hydrogen-bond acceptors (Lipinski definition) is 2. The van der Waals surface area contributed by atoms with Crippen molar-refractivity contribution in [1.82, 2.24) is 5.32 Å². The van der Waals surface area contributed by atoms with Crippen LogP contribution in [-0.2, 0) is 0 Å². The Hall–Kier alpha value is -0.930. The predicted octanol–water partition coefficient (Wildman–Crippen LogP) is 5.22. The van der Waals surface area contributed by atoms with Crippen LogP contribution in [0.5, 0.6) is 5.75 Å². The fourth-order valence-corrected chi connectivity index (χ4v) is 3.41. The topological polar surface area (TPSA) is 21.3 Å². The molecule has 0 radical (unpaired) electrons. The van der Waals surface area contributed by atoms with Crippen LogP contribution < -0.4 is 10.1 Å². The maximum absolute atomic E-state index is 6.17. The Labute approximate surface area is 147 Å². The van der Waals surface area contributed by atoms with Crippen molar-refractivity contribution in [2.75, 3.05) is 14.2 Å². The van der Waals surface area contributed by atoms with E-state index in [9.17, 15) is 0 Å². The summed E-state index contributed by atoms with van der Waals surface area (Å²) in [7, 11) is 3.69. The first-order chi connectivity index (χ1) is 10.1. The highest BCUT2D eigenvalue weighted by Gasteiger charge is 2.31. The van der Waals surface area contributed by atoms with E-state index in [1.165, 1.54) is 16.7 Å². The van der Waals surface area contributed by atoms with E-state index in [1.807, 2.05) is 25.2 Å². The Morgan fingerprint density at radius 1 is 1.05 bits per heavy atom. The smallest absolute Gasteiger partial charge is 0.119 e. The first kappa shape index (κ1) is 17.4. The van der Waals surface area contributed by atoms with Crippen molar-refractivity contribution in [3.8, 4) is 5.75 Å². The largest absolute Gasteiger partial charge is 0.497 e. The van der Waals surface area contributed by atoms with Gasteiger partial charge < -0.3 is 10.1 Å². The molecule has 0 spiro atoms. The Kier molecular flexibility index (Phi) is 5.62. The van der Waals surface area contributed by atoms with Gasteiger partial charge in [0.25, 0.3) is 0 Å². The summed E-state index contributed by atoms with van der Waals surface area (Å²) in [6, 6.07) is 12.5. The van der Waals surface area contributed by atoms with Crippen LogP contribution in [0.25, 0.3) is 0 Å². The molecule has 3 rings (SSSR count). The highest BCUT2D eigenvalue weighted by Crippen LogP contribution is 2.45. The lowest BCUT2D eigenvalue weighted by atomic mass is 9.93. The van der Waals surface area contributed by atoms with Crippen LogP contribution in [0.4, 0.5) is 0 Å². The van der Waals surface area contributed by atoms with Gasteiger partial charge in [0.2, 0.25) is 0 Å². The van der Waals surface area contributed by atoms with Gasteiger partial charge in [0.1, 0.15) is 5.75 Å². The Morgan fingerprint density at radius 2 is 1.82 bits per heavy atom. The van der Waals surface area contributed by atoms with E-state index >= 15 is 0 Å². The van der Waals surface area contributed by atoms with Gasteiger partial charge in [-0.15, -0.1) is 12.4 Å². The third-order valence-corrected chi connectivity index (χ3v) is 4.95. The van der Waals surface area contributed by atoms with Gasteiger partial charge in [-0.25, -0.2) is 0 Å². The van der Waals surface area contributed by atoms with Crippen LogP contribution >= 0.6 is 35.6 Å². The summed E-state index contributed by atoms with van der Waals surface area (Å²) >= 11 is 12.2. The maximum Gasteiger partial charge on any atom is 0.119 e. The minimum atomic E-state index is 0. The summed E-state index contributed by atoms with van der Waals surface area (Å²) in [4.78, 5) is 0. The summed E-state index contributed by atoms with van der Waals surface area (Å²) in [6.07, 6.45) is 1.01. The molecule has 2 nitrogen and oxygen atoms in total. The van der Waals surface area contributed by atoms with Crippen LogP contribution in [0, 0.1) is 0 Å². The van der Waals surface area contributed by atoms with Gasteiger partial charge in [0.05, 0.1) is 17.2 Å². The van der Waals surface area contributed by atoms with E-state index in [-0.39, 0.29) is 12.4 Å². The molecule has 0 fully saturated rings. The van der Waals surface area contributed by atoms with Crippen LogP contribution in [0.3, 0.4) is 0 Å². The van der Waals surface area contributed by atoms with E-state index in [4.69, 9.17) is 27.9 Å². The van der Waals surface area contributed by atoms with Crippen molar-refractivity contribution < 1.29 is 4.74 Å². The second kappa shape index (κ2) is 7.10. The standard InChI is InChI=1S/C17H17Cl2NO.ClH/c1-20-17-9-13(10-3-6-15(18)16(19)7-10)12-5-4-11(21-2)8-14(12)17;/h3-8,13,17,20H,9H2,1-2H3;1H/t13-,17+;/m1./s1. The molecule has 1 N–H and O–H groups in total. The highest BCUT2D eigenvalue weighted by molar-refractivity contribution is 6.42. The average molecular weight is 359 g/mol. The zero-order chi connectivity index (χ0) is 15.0. The Balaban J connectivity index is 0.00000176. The average Bonchev–Trinajstić information content (AvgIpc) is 2.87. The molecule has 2 aromatic rings. The molecule has 0 aliphatic heterocycles. The molecule has 0 bridgehead atoms. The number of halogens is 3. The molecule has 118 valence electrons. The van der Waals surface area contributed by atoms with Gasteiger partial charge in [-0.2, -0.15) is 0 Å². The quantitative estimate of drug-likeness (QED) is 0.812. The summed E-state index contributed by atoms with van der Waals surface area (Å²) in [5.41, 5.74) is 3.83. The van der Waals surface area contributed by atoms with Crippen molar-refractivity contribution in [3.05, 3.63) is 63.1 Å². The molecule has 0 saturated carbocycles. The van der Waals surface area contributed by atoms with Crippen LogP contribution in [0.2, 0.25) is 10.0 Å². The number of hydrogen-bond donors (Lipinski definition) is 1. The lowest BCUT2D eigenvalue weighted by Gasteiger charge is -2.13. The predicted molar refractivity (Wildman–Crippen MR) is 95.0 cm³/mol. The lowest BCUT2D eigenvalue weighted by molar-refractivity contribution is 0.413. The zero-order valence-corrected chi connectivity index (χ0v) is 14.7. The van der Waals surface area contributed by atoms with Crippen LogP contribution in [0.15, 0.2) is 36.4 Å². The fraction of sp³-hybridized carbons (Fsp3) is 0.294. The summed E-state index contributed by atoms with van der Waals surface area (Å²) < 4.78 is 5.34. The summed E-state index contributed by atoms with van der Waals surface area (Å²) in [5, 5.41) is 4.59. The number of rotatable bonds is 3. The fourth-order valence-electron chi connectivity index (χ4n) is 3.11. The highest BCUT2D eigenvalue weighted by atomic mass is 35.5. The minimum absolute atomic E-state index is 0. The van der Waals surface area contributed by atoms with E-state index in [0.717, 1.165) is 12.2 Å².